The summed E-state index contributed by atoms with van der Waals surface area (Å²) in [5.41, 5.74) is -0.867. The molecule has 0 aliphatic carbocycles. The van der Waals surface area contributed by atoms with E-state index in [9.17, 15) is 9.50 Å². The van der Waals surface area contributed by atoms with Gasteiger partial charge in [-0.3, -0.25) is 0 Å². The van der Waals surface area contributed by atoms with Crippen LogP contribution >= 0.6 is 0 Å². The zero-order chi connectivity index (χ0) is 13.7. The minimum Gasteiger partial charge on any atom is -0.388 e. The van der Waals surface area contributed by atoms with Gasteiger partial charge in [-0.2, -0.15) is 4.98 Å². The second-order valence-electron chi connectivity index (χ2n) is 4.61. The van der Waals surface area contributed by atoms with Crippen molar-refractivity contribution >= 4 is 11.8 Å². The highest BCUT2D eigenvalue weighted by molar-refractivity contribution is 5.41. The normalized spacial score (nSPS) is 18.1. The van der Waals surface area contributed by atoms with Crippen molar-refractivity contribution in [2.24, 2.45) is 0 Å². The molecule has 1 aliphatic rings. The van der Waals surface area contributed by atoms with Crippen LogP contribution in [0.2, 0.25) is 0 Å². The van der Waals surface area contributed by atoms with Crippen LogP contribution in [0.15, 0.2) is 6.20 Å². The van der Waals surface area contributed by atoms with E-state index >= 15 is 0 Å². The molecule has 1 aliphatic heterocycles. The standard InChI is InChI=1S/C12H19FN4O2/c1-2-14-11-15-7-9(13)10(17-11)16-8-12(18)3-5-19-6-4-12/h7,18H,2-6,8H2,1H3,(H2,14,15,16,17). The van der Waals surface area contributed by atoms with Gasteiger partial charge in [0.15, 0.2) is 11.6 Å². The third-order valence-electron chi connectivity index (χ3n) is 3.09. The summed E-state index contributed by atoms with van der Waals surface area (Å²) in [5.74, 6) is -0.0615. The van der Waals surface area contributed by atoms with E-state index in [0.29, 0.717) is 38.5 Å². The monoisotopic (exact) mass is 270 g/mol. The molecular formula is C12H19FN4O2. The Bertz CT molecular complexity index is 424. The van der Waals surface area contributed by atoms with Crippen LogP contribution < -0.4 is 10.6 Å². The average molecular weight is 270 g/mol. The number of nitrogens with one attached hydrogen (secondary N) is 2. The number of halogens is 1. The molecule has 0 aromatic carbocycles. The average Bonchev–Trinajstić information content (AvgIpc) is 2.41. The summed E-state index contributed by atoms with van der Waals surface area (Å²) in [5, 5.41) is 16.0. The van der Waals surface area contributed by atoms with Gasteiger partial charge in [-0.05, 0) is 6.92 Å². The molecule has 1 fully saturated rings. The number of aliphatic hydroxyl groups is 1. The Morgan fingerprint density at radius 3 is 2.84 bits per heavy atom. The van der Waals surface area contributed by atoms with Gasteiger partial charge < -0.3 is 20.5 Å². The minimum atomic E-state index is -0.867. The van der Waals surface area contributed by atoms with Crippen molar-refractivity contribution in [2.45, 2.75) is 25.4 Å². The molecule has 0 radical (unpaired) electrons. The molecule has 7 heteroatoms. The van der Waals surface area contributed by atoms with Crippen LogP contribution in [-0.2, 0) is 4.74 Å². The largest absolute Gasteiger partial charge is 0.388 e. The lowest BCUT2D eigenvalue weighted by Crippen LogP contribution is -2.42. The van der Waals surface area contributed by atoms with E-state index in [4.69, 9.17) is 4.74 Å². The zero-order valence-corrected chi connectivity index (χ0v) is 10.9. The van der Waals surface area contributed by atoms with Crippen molar-refractivity contribution in [3.8, 4) is 0 Å². The molecule has 0 unspecified atom stereocenters. The van der Waals surface area contributed by atoms with Gasteiger partial charge in [-0.25, -0.2) is 9.37 Å². The topological polar surface area (TPSA) is 79.3 Å². The van der Waals surface area contributed by atoms with Crippen LogP contribution in [0.3, 0.4) is 0 Å². The summed E-state index contributed by atoms with van der Waals surface area (Å²) in [7, 11) is 0. The van der Waals surface area contributed by atoms with E-state index in [0.717, 1.165) is 6.20 Å². The van der Waals surface area contributed by atoms with Crippen molar-refractivity contribution in [2.75, 3.05) is 36.9 Å². The van der Waals surface area contributed by atoms with E-state index in [1.54, 1.807) is 0 Å². The summed E-state index contributed by atoms with van der Waals surface area (Å²) in [6.45, 7) is 3.85. The van der Waals surface area contributed by atoms with Gasteiger partial charge in [-0.1, -0.05) is 0 Å². The van der Waals surface area contributed by atoms with Gasteiger partial charge in [-0.15, -0.1) is 0 Å². The van der Waals surface area contributed by atoms with Gasteiger partial charge in [0.1, 0.15) is 0 Å². The van der Waals surface area contributed by atoms with Gasteiger partial charge >= 0.3 is 0 Å². The Morgan fingerprint density at radius 2 is 2.16 bits per heavy atom. The number of hydrogen-bond donors (Lipinski definition) is 3. The van der Waals surface area contributed by atoms with Crippen LogP contribution in [0.5, 0.6) is 0 Å². The highest BCUT2D eigenvalue weighted by Gasteiger charge is 2.29. The Kier molecular flexibility index (Phi) is 4.49. The first-order valence-electron chi connectivity index (χ1n) is 6.43. The van der Waals surface area contributed by atoms with Crippen molar-refractivity contribution in [1.29, 1.82) is 0 Å². The molecule has 0 saturated carbocycles. The van der Waals surface area contributed by atoms with Gasteiger partial charge in [0.05, 0.1) is 11.8 Å². The maximum absolute atomic E-state index is 13.6. The fraction of sp³-hybridized carbons (Fsp3) is 0.667. The molecule has 6 nitrogen and oxygen atoms in total. The maximum Gasteiger partial charge on any atom is 0.224 e. The number of rotatable bonds is 5. The molecule has 106 valence electrons. The lowest BCUT2D eigenvalue weighted by Gasteiger charge is -2.32. The molecule has 0 atom stereocenters. The number of nitrogens with zero attached hydrogens (tertiary/aromatic N) is 2. The Labute approximate surface area is 111 Å². The third kappa shape index (κ3) is 3.74. The highest BCUT2D eigenvalue weighted by atomic mass is 19.1. The zero-order valence-electron chi connectivity index (χ0n) is 10.9. The summed E-state index contributed by atoms with van der Waals surface area (Å²) < 4.78 is 18.8. The second-order valence-corrected chi connectivity index (χ2v) is 4.61. The van der Waals surface area contributed by atoms with Crippen LogP contribution in [-0.4, -0.2) is 47.0 Å². The first kappa shape index (κ1) is 14.0. The number of ether oxygens (including phenoxy) is 1. The summed E-state index contributed by atoms with van der Waals surface area (Å²) in [6, 6.07) is 0. The smallest absolute Gasteiger partial charge is 0.224 e. The van der Waals surface area contributed by atoms with E-state index in [2.05, 4.69) is 20.6 Å². The van der Waals surface area contributed by atoms with Crippen molar-refractivity contribution in [3.63, 3.8) is 0 Å². The fourth-order valence-electron chi connectivity index (χ4n) is 1.91. The molecule has 0 spiro atoms. The molecule has 19 heavy (non-hydrogen) atoms. The highest BCUT2D eigenvalue weighted by Crippen LogP contribution is 2.21. The summed E-state index contributed by atoms with van der Waals surface area (Å²) in [6.07, 6.45) is 2.18. The van der Waals surface area contributed by atoms with Crippen LogP contribution in [0.25, 0.3) is 0 Å². The third-order valence-corrected chi connectivity index (χ3v) is 3.09. The molecule has 1 saturated heterocycles. The Balaban J connectivity index is 1.99. The van der Waals surface area contributed by atoms with Gasteiger partial charge in [0, 0.05) is 39.1 Å². The number of anilines is 2. The van der Waals surface area contributed by atoms with E-state index in [-0.39, 0.29) is 12.4 Å². The van der Waals surface area contributed by atoms with Crippen molar-refractivity contribution in [1.82, 2.24) is 9.97 Å². The summed E-state index contributed by atoms with van der Waals surface area (Å²) in [4.78, 5) is 7.85. The molecule has 3 N–H and O–H groups in total. The molecule has 0 bridgehead atoms. The first-order valence-corrected chi connectivity index (χ1v) is 6.43. The lowest BCUT2D eigenvalue weighted by atomic mass is 9.94. The predicted molar refractivity (Wildman–Crippen MR) is 69.6 cm³/mol. The number of hydrogen-bond acceptors (Lipinski definition) is 6. The van der Waals surface area contributed by atoms with Crippen molar-refractivity contribution in [3.05, 3.63) is 12.0 Å². The quantitative estimate of drug-likeness (QED) is 0.741. The fourth-order valence-corrected chi connectivity index (χ4v) is 1.91. The lowest BCUT2D eigenvalue weighted by molar-refractivity contribution is -0.0544. The molecule has 2 rings (SSSR count). The molecule has 1 aromatic rings. The van der Waals surface area contributed by atoms with Crippen LogP contribution in [0.4, 0.5) is 16.2 Å². The van der Waals surface area contributed by atoms with Gasteiger partial charge in [0.2, 0.25) is 5.95 Å². The van der Waals surface area contributed by atoms with E-state index in [1.807, 2.05) is 6.92 Å². The molecule has 0 amide bonds. The Morgan fingerprint density at radius 1 is 1.42 bits per heavy atom. The maximum atomic E-state index is 13.6. The van der Waals surface area contributed by atoms with Crippen LogP contribution in [0.1, 0.15) is 19.8 Å². The van der Waals surface area contributed by atoms with E-state index < -0.39 is 11.4 Å². The molecule has 1 aromatic heterocycles. The minimum absolute atomic E-state index is 0.103. The van der Waals surface area contributed by atoms with Crippen LogP contribution in [0, 0.1) is 5.82 Å². The van der Waals surface area contributed by atoms with E-state index in [1.165, 1.54) is 0 Å². The Hall–Kier alpha value is -1.47. The molecule has 2 heterocycles. The predicted octanol–water partition coefficient (Wildman–Crippen LogP) is 1.00. The SMILES string of the molecule is CCNc1ncc(F)c(NCC2(O)CCOCC2)n1. The number of aromatic nitrogens is 2. The second kappa shape index (κ2) is 6.12. The first-order chi connectivity index (χ1) is 9.13. The van der Waals surface area contributed by atoms with Gasteiger partial charge in [0.25, 0.3) is 0 Å². The van der Waals surface area contributed by atoms with Crippen molar-refractivity contribution < 1.29 is 14.2 Å². The molecular weight excluding hydrogens is 251 g/mol. The summed E-state index contributed by atoms with van der Waals surface area (Å²) >= 11 is 0.